The molecule has 1 amide bonds. The SMILES string of the molecule is CC(C)(C)OC(=O)N1CCCC(COc2ccc3c(c2)OCO3)C1.O=C(O)c1ccccc1F. The molecule has 0 aromatic heterocycles. The minimum Gasteiger partial charge on any atom is -0.493 e. The zero-order valence-corrected chi connectivity index (χ0v) is 19.6. The lowest BCUT2D eigenvalue weighted by Gasteiger charge is -2.34. The molecule has 0 bridgehead atoms. The maximum absolute atomic E-state index is 12.5. The molecule has 184 valence electrons. The highest BCUT2D eigenvalue weighted by Gasteiger charge is 2.28. The van der Waals surface area contributed by atoms with Gasteiger partial charge in [-0.1, -0.05) is 12.1 Å². The van der Waals surface area contributed by atoms with E-state index < -0.39 is 17.4 Å². The third kappa shape index (κ3) is 7.26. The molecule has 1 atom stereocenters. The Morgan fingerprint density at radius 3 is 2.56 bits per heavy atom. The van der Waals surface area contributed by atoms with Gasteiger partial charge in [-0.2, -0.15) is 0 Å². The predicted molar refractivity (Wildman–Crippen MR) is 122 cm³/mol. The molecule has 1 fully saturated rings. The van der Waals surface area contributed by atoms with Crippen LogP contribution in [-0.4, -0.2) is 54.2 Å². The lowest BCUT2D eigenvalue weighted by atomic mass is 9.99. The summed E-state index contributed by atoms with van der Waals surface area (Å²) in [5, 5.41) is 8.33. The van der Waals surface area contributed by atoms with E-state index in [1.54, 1.807) is 4.90 Å². The highest BCUT2D eigenvalue weighted by molar-refractivity contribution is 5.87. The molecule has 0 spiro atoms. The number of hydrogen-bond acceptors (Lipinski definition) is 6. The van der Waals surface area contributed by atoms with Gasteiger partial charge in [0.05, 0.1) is 12.2 Å². The number of piperidine rings is 1. The fourth-order valence-electron chi connectivity index (χ4n) is 3.51. The van der Waals surface area contributed by atoms with Crippen LogP contribution >= 0.6 is 0 Å². The highest BCUT2D eigenvalue weighted by Crippen LogP contribution is 2.35. The van der Waals surface area contributed by atoms with Crippen LogP contribution in [-0.2, 0) is 4.74 Å². The number of ether oxygens (including phenoxy) is 4. The predicted octanol–water partition coefficient (Wildman–Crippen LogP) is 4.97. The molecule has 0 saturated carbocycles. The van der Waals surface area contributed by atoms with Gasteiger partial charge in [0.25, 0.3) is 0 Å². The first kappa shape index (κ1) is 25.1. The van der Waals surface area contributed by atoms with E-state index in [0.717, 1.165) is 37.0 Å². The van der Waals surface area contributed by atoms with E-state index in [1.165, 1.54) is 18.2 Å². The number of nitrogens with zero attached hydrogens (tertiary/aromatic N) is 1. The van der Waals surface area contributed by atoms with Crippen molar-refractivity contribution in [3.8, 4) is 17.2 Å². The third-order valence-electron chi connectivity index (χ3n) is 5.10. The lowest BCUT2D eigenvalue weighted by molar-refractivity contribution is 0.0139. The first-order chi connectivity index (χ1) is 16.1. The molecule has 2 aliphatic rings. The summed E-state index contributed by atoms with van der Waals surface area (Å²) in [5.74, 6) is 0.584. The van der Waals surface area contributed by atoms with Crippen LogP contribution in [0.25, 0.3) is 0 Å². The van der Waals surface area contributed by atoms with E-state index in [-0.39, 0.29) is 18.4 Å². The average Bonchev–Trinajstić information content (AvgIpc) is 3.25. The topological polar surface area (TPSA) is 94.5 Å². The summed E-state index contributed by atoms with van der Waals surface area (Å²) in [6, 6.07) is 10.8. The maximum atomic E-state index is 12.5. The summed E-state index contributed by atoms with van der Waals surface area (Å²) in [6.07, 6.45) is 1.77. The monoisotopic (exact) mass is 475 g/mol. The minimum atomic E-state index is -1.24. The molecule has 8 nitrogen and oxygen atoms in total. The Balaban J connectivity index is 0.000000271. The first-order valence-electron chi connectivity index (χ1n) is 11.1. The van der Waals surface area contributed by atoms with Crippen LogP contribution in [0, 0.1) is 11.7 Å². The van der Waals surface area contributed by atoms with Gasteiger partial charge in [0, 0.05) is 25.1 Å². The van der Waals surface area contributed by atoms with Crippen LogP contribution in [0.15, 0.2) is 42.5 Å². The summed E-state index contributed by atoms with van der Waals surface area (Å²) in [7, 11) is 0. The van der Waals surface area contributed by atoms with E-state index in [4.69, 9.17) is 24.1 Å². The van der Waals surface area contributed by atoms with Gasteiger partial charge in [-0.05, 0) is 57.9 Å². The van der Waals surface area contributed by atoms with Crippen molar-refractivity contribution in [3.63, 3.8) is 0 Å². The van der Waals surface area contributed by atoms with Gasteiger partial charge < -0.3 is 29.0 Å². The van der Waals surface area contributed by atoms with Gasteiger partial charge in [0.2, 0.25) is 6.79 Å². The standard InChI is InChI=1S/C18H25NO5.C7H5FO2/c1-18(2,3)24-17(20)19-8-4-5-13(10-19)11-21-14-6-7-15-16(9-14)23-12-22-15;8-6-4-2-1-3-5(6)7(9)10/h6-7,9,13H,4-5,8,10-12H2,1-3H3;1-4H,(H,9,10). The zero-order chi connectivity index (χ0) is 24.7. The second-order valence-corrected chi connectivity index (χ2v) is 9.05. The molecule has 1 saturated heterocycles. The van der Waals surface area contributed by atoms with Crippen molar-refractivity contribution >= 4 is 12.1 Å². The van der Waals surface area contributed by atoms with Crippen molar-refractivity contribution < 1.29 is 38.0 Å². The second kappa shape index (κ2) is 11.1. The molecule has 34 heavy (non-hydrogen) atoms. The van der Waals surface area contributed by atoms with Gasteiger partial charge in [-0.15, -0.1) is 0 Å². The number of benzene rings is 2. The molecule has 1 unspecified atom stereocenters. The summed E-state index contributed by atoms with van der Waals surface area (Å²) in [5.41, 5.74) is -0.755. The molecule has 2 aliphatic heterocycles. The molecule has 2 aromatic carbocycles. The zero-order valence-electron chi connectivity index (χ0n) is 19.6. The number of fused-ring (bicyclic) bond motifs is 1. The Hall–Kier alpha value is -3.49. The quantitative estimate of drug-likeness (QED) is 0.667. The number of aromatic carboxylic acids is 1. The molecule has 9 heteroatoms. The van der Waals surface area contributed by atoms with Gasteiger partial charge in [0.1, 0.15) is 17.2 Å². The Morgan fingerprint density at radius 2 is 1.88 bits per heavy atom. The number of hydrogen-bond donors (Lipinski definition) is 1. The van der Waals surface area contributed by atoms with Gasteiger partial charge >= 0.3 is 12.1 Å². The summed E-state index contributed by atoms with van der Waals surface area (Å²) < 4.78 is 34.4. The fraction of sp³-hybridized carbons (Fsp3) is 0.440. The molecule has 0 aliphatic carbocycles. The number of likely N-dealkylation sites (tertiary alicyclic amines) is 1. The largest absolute Gasteiger partial charge is 0.493 e. The minimum absolute atomic E-state index is 0.240. The van der Waals surface area contributed by atoms with Gasteiger partial charge in [0.15, 0.2) is 11.5 Å². The Labute approximate surface area is 198 Å². The number of halogens is 1. The van der Waals surface area contributed by atoms with E-state index in [2.05, 4.69) is 0 Å². The van der Waals surface area contributed by atoms with Gasteiger partial charge in [-0.3, -0.25) is 0 Å². The Bertz CT molecular complexity index is 1000. The Kier molecular flexibility index (Phi) is 8.20. The average molecular weight is 476 g/mol. The molecule has 2 aromatic rings. The van der Waals surface area contributed by atoms with Crippen LogP contribution in [0.4, 0.5) is 9.18 Å². The van der Waals surface area contributed by atoms with Crippen molar-refractivity contribution in [1.29, 1.82) is 0 Å². The van der Waals surface area contributed by atoms with Crippen LogP contribution in [0.3, 0.4) is 0 Å². The smallest absolute Gasteiger partial charge is 0.410 e. The summed E-state index contributed by atoms with van der Waals surface area (Å²) in [6.45, 7) is 7.89. The van der Waals surface area contributed by atoms with Crippen molar-refractivity contribution in [2.24, 2.45) is 5.92 Å². The summed E-state index contributed by atoms with van der Waals surface area (Å²) in [4.78, 5) is 24.2. The van der Waals surface area contributed by atoms with Crippen molar-refractivity contribution in [2.45, 2.75) is 39.2 Å². The van der Waals surface area contributed by atoms with Crippen LogP contribution in [0.1, 0.15) is 44.0 Å². The van der Waals surface area contributed by atoms with E-state index in [1.807, 2.05) is 39.0 Å². The third-order valence-corrected chi connectivity index (χ3v) is 5.10. The number of carboxylic acid groups (broad SMARTS) is 1. The van der Waals surface area contributed by atoms with Crippen LogP contribution < -0.4 is 14.2 Å². The Morgan fingerprint density at radius 1 is 1.15 bits per heavy atom. The number of rotatable bonds is 4. The number of carboxylic acids is 1. The molecule has 0 radical (unpaired) electrons. The highest BCUT2D eigenvalue weighted by atomic mass is 19.1. The number of carbonyl (C=O) groups excluding carboxylic acids is 1. The molecule has 2 heterocycles. The van der Waals surface area contributed by atoms with E-state index >= 15 is 0 Å². The second-order valence-electron chi connectivity index (χ2n) is 9.05. The van der Waals surface area contributed by atoms with Gasteiger partial charge in [-0.25, -0.2) is 14.0 Å². The molecule has 4 rings (SSSR count). The van der Waals surface area contributed by atoms with Crippen LogP contribution in [0.5, 0.6) is 17.2 Å². The fourth-order valence-corrected chi connectivity index (χ4v) is 3.51. The van der Waals surface area contributed by atoms with Crippen LogP contribution in [0.2, 0.25) is 0 Å². The maximum Gasteiger partial charge on any atom is 0.410 e. The normalized spacial score (nSPS) is 16.8. The lowest BCUT2D eigenvalue weighted by Crippen LogP contribution is -2.44. The number of carbonyl (C=O) groups is 2. The van der Waals surface area contributed by atoms with Crippen molar-refractivity contribution in [1.82, 2.24) is 4.90 Å². The number of amides is 1. The van der Waals surface area contributed by atoms with E-state index in [9.17, 15) is 14.0 Å². The van der Waals surface area contributed by atoms with Crippen molar-refractivity contribution in [3.05, 3.63) is 53.8 Å². The molecule has 1 N–H and O–H groups in total. The summed E-state index contributed by atoms with van der Waals surface area (Å²) >= 11 is 0. The molecular weight excluding hydrogens is 445 g/mol. The van der Waals surface area contributed by atoms with Crippen molar-refractivity contribution in [2.75, 3.05) is 26.5 Å². The first-order valence-corrected chi connectivity index (χ1v) is 11.1. The van der Waals surface area contributed by atoms with E-state index in [0.29, 0.717) is 24.8 Å². The molecular formula is C25H30FNO7.